The van der Waals surface area contributed by atoms with Crippen molar-refractivity contribution in [3.63, 3.8) is 0 Å². The van der Waals surface area contributed by atoms with E-state index in [4.69, 9.17) is 5.73 Å². The second kappa shape index (κ2) is 6.34. The lowest BCUT2D eigenvalue weighted by Crippen LogP contribution is -2.37. The molecule has 108 valence electrons. The molecular formula is C13H23N3O2S. The molecule has 0 aliphatic carbocycles. The van der Waals surface area contributed by atoms with Crippen LogP contribution in [0.4, 0.5) is 5.69 Å². The summed E-state index contributed by atoms with van der Waals surface area (Å²) in [5, 5.41) is 0. The Morgan fingerprint density at radius 1 is 1.16 bits per heavy atom. The fraction of sp³-hybridized carbons (Fsp3) is 0.615. The quantitative estimate of drug-likeness (QED) is 0.867. The van der Waals surface area contributed by atoms with Crippen LogP contribution in [-0.2, 0) is 10.0 Å². The molecule has 0 saturated heterocycles. The fourth-order valence-electron chi connectivity index (χ4n) is 1.81. The summed E-state index contributed by atoms with van der Waals surface area (Å²) in [6.45, 7) is 8.99. The summed E-state index contributed by atoms with van der Waals surface area (Å²) in [5.41, 5.74) is 5.97. The van der Waals surface area contributed by atoms with E-state index in [-0.39, 0.29) is 16.7 Å². The van der Waals surface area contributed by atoms with Gasteiger partial charge in [-0.15, -0.1) is 0 Å². The van der Waals surface area contributed by atoms with Crippen molar-refractivity contribution in [1.29, 1.82) is 0 Å². The van der Waals surface area contributed by atoms with Crippen molar-refractivity contribution in [2.45, 2.75) is 32.6 Å². The van der Waals surface area contributed by atoms with E-state index in [1.807, 2.05) is 27.7 Å². The maximum absolute atomic E-state index is 12.6. The van der Waals surface area contributed by atoms with Crippen LogP contribution in [0.2, 0.25) is 0 Å². The van der Waals surface area contributed by atoms with Gasteiger partial charge in [-0.3, -0.25) is 4.98 Å². The van der Waals surface area contributed by atoms with E-state index >= 15 is 0 Å². The molecule has 0 aromatic carbocycles. The van der Waals surface area contributed by atoms with E-state index in [1.165, 1.54) is 22.8 Å². The molecule has 0 aliphatic rings. The topological polar surface area (TPSA) is 76.3 Å². The van der Waals surface area contributed by atoms with Gasteiger partial charge < -0.3 is 5.73 Å². The first-order chi connectivity index (χ1) is 8.73. The molecule has 2 N–H and O–H groups in total. The van der Waals surface area contributed by atoms with Crippen LogP contribution in [0.5, 0.6) is 0 Å². The summed E-state index contributed by atoms with van der Waals surface area (Å²) < 4.78 is 26.7. The fourth-order valence-corrected chi connectivity index (χ4v) is 3.58. The van der Waals surface area contributed by atoms with Crippen LogP contribution in [-0.4, -0.2) is 30.8 Å². The van der Waals surface area contributed by atoms with Gasteiger partial charge in [0.25, 0.3) is 0 Å². The third-order valence-corrected chi connectivity index (χ3v) is 4.31. The largest absolute Gasteiger partial charge is 0.397 e. The molecule has 6 heteroatoms. The molecular weight excluding hydrogens is 262 g/mol. The van der Waals surface area contributed by atoms with Crippen LogP contribution in [0, 0.1) is 11.8 Å². The van der Waals surface area contributed by atoms with Crippen molar-refractivity contribution in [1.82, 2.24) is 9.29 Å². The van der Waals surface area contributed by atoms with Crippen LogP contribution in [0.3, 0.4) is 0 Å². The molecule has 0 atom stereocenters. The molecule has 1 aromatic heterocycles. The van der Waals surface area contributed by atoms with Crippen molar-refractivity contribution in [2.75, 3.05) is 18.8 Å². The van der Waals surface area contributed by atoms with E-state index in [0.29, 0.717) is 18.8 Å². The average molecular weight is 285 g/mol. The van der Waals surface area contributed by atoms with Gasteiger partial charge in [0.1, 0.15) is 4.90 Å². The molecule has 0 unspecified atom stereocenters. The van der Waals surface area contributed by atoms with Gasteiger partial charge in [-0.25, -0.2) is 8.42 Å². The Morgan fingerprint density at radius 3 is 2.11 bits per heavy atom. The van der Waals surface area contributed by atoms with Gasteiger partial charge in [0.2, 0.25) is 10.0 Å². The molecule has 0 fully saturated rings. The van der Waals surface area contributed by atoms with E-state index in [9.17, 15) is 8.42 Å². The number of sulfonamides is 1. The first-order valence-corrected chi connectivity index (χ1v) is 7.88. The van der Waals surface area contributed by atoms with Crippen LogP contribution in [0.1, 0.15) is 27.7 Å². The lowest BCUT2D eigenvalue weighted by Gasteiger charge is -2.25. The first kappa shape index (κ1) is 15.9. The van der Waals surface area contributed by atoms with Crippen molar-refractivity contribution < 1.29 is 8.42 Å². The summed E-state index contributed by atoms with van der Waals surface area (Å²) in [6, 6.07) is 1.45. The monoisotopic (exact) mass is 285 g/mol. The Morgan fingerprint density at radius 2 is 1.68 bits per heavy atom. The Kier molecular flexibility index (Phi) is 5.31. The first-order valence-electron chi connectivity index (χ1n) is 6.44. The predicted octanol–water partition coefficient (Wildman–Crippen LogP) is 1.97. The maximum Gasteiger partial charge on any atom is 0.244 e. The second-order valence-corrected chi connectivity index (χ2v) is 7.50. The van der Waals surface area contributed by atoms with Gasteiger partial charge in [0, 0.05) is 25.5 Å². The highest BCUT2D eigenvalue weighted by Crippen LogP contribution is 2.19. The zero-order valence-electron chi connectivity index (χ0n) is 12.0. The number of pyridine rings is 1. The molecule has 0 bridgehead atoms. The minimum atomic E-state index is -3.52. The lowest BCUT2D eigenvalue weighted by atomic mass is 10.2. The molecule has 0 amide bonds. The number of nitrogens with zero attached hydrogens (tertiary/aromatic N) is 2. The zero-order valence-corrected chi connectivity index (χ0v) is 12.8. The lowest BCUT2D eigenvalue weighted by molar-refractivity contribution is 0.333. The highest BCUT2D eigenvalue weighted by atomic mass is 32.2. The molecule has 0 radical (unpaired) electrons. The molecule has 1 rings (SSSR count). The summed E-state index contributed by atoms with van der Waals surface area (Å²) in [5.74, 6) is 0.532. The van der Waals surface area contributed by atoms with Crippen molar-refractivity contribution in [3.05, 3.63) is 18.5 Å². The molecule has 1 heterocycles. The van der Waals surface area contributed by atoms with Gasteiger partial charge >= 0.3 is 0 Å². The van der Waals surface area contributed by atoms with E-state index in [1.54, 1.807) is 0 Å². The van der Waals surface area contributed by atoms with Gasteiger partial charge in [-0.1, -0.05) is 27.7 Å². The standard InChI is InChI=1S/C13H23N3O2S/c1-10(2)8-16(9-11(3)4)19(17,18)13-5-12(14)6-15-7-13/h5-7,10-11H,8-9,14H2,1-4H3. The second-order valence-electron chi connectivity index (χ2n) is 5.56. The summed E-state index contributed by atoms with van der Waals surface area (Å²) in [4.78, 5) is 4.02. The maximum atomic E-state index is 12.6. The molecule has 0 spiro atoms. The molecule has 19 heavy (non-hydrogen) atoms. The summed E-state index contributed by atoms with van der Waals surface area (Å²) >= 11 is 0. The zero-order chi connectivity index (χ0) is 14.6. The van der Waals surface area contributed by atoms with Crippen molar-refractivity contribution in [2.24, 2.45) is 11.8 Å². The molecule has 0 saturated carbocycles. The third-order valence-electron chi connectivity index (χ3n) is 2.51. The normalized spacial score (nSPS) is 12.6. The number of anilines is 1. The summed E-state index contributed by atoms with van der Waals surface area (Å²) in [7, 11) is -3.52. The Bertz CT molecular complexity index is 502. The van der Waals surface area contributed by atoms with Crippen LogP contribution in [0.25, 0.3) is 0 Å². The highest BCUT2D eigenvalue weighted by Gasteiger charge is 2.26. The Hall–Kier alpha value is -1.14. The number of aromatic nitrogens is 1. The number of nitrogens with two attached hydrogens (primary N) is 1. The Balaban J connectivity index is 3.11. The minimum Gasteiger partial charge on any atom is -0.397 e. The number of nitrogen functional groups attached to an aromatic ring is 1. The molecule has 0 aliphatic heterocycles. The van der Waals surface area contributed by atoms with Gasteiger partial charge in [-0.05, 0) is 17.9 Å². The predicted molar refractivity (Wildman–Crippen MR) is 77.1 cm³/mol. The third kappa shape index (κ3) is 4.47. The van der Waals surface area contributed by atoms with Gasteiger partial charge in [-0.2, -0.15) is 4.31 Å². The van der Waals surface area contributed by atoms with Gasteiger partial charge in [0.05, 0.1) is 5.69 Å². The van der Waals surface area contributed by atoms with E-state index < -0.39 is 10.0 Å². The van der Waals surface area contributed by atoms with Gasteiger partial charge in [0.15, 0.2) is 0 Å². The molecule has 5 nitrogen and oxygen atoms in total. The smallest absolute Gasteiger partial charge is 0.244 e. The molecule has 1 aromatic rings. The van der Waals surface area contributed by atoms with E-state index in [0.717, 1.165) is 0 Å². The number of hydrogen-bond acceptors (Lipinski definition) is 4. The number of hydrogen-bond donors (Lipinski definition) is 1. The van der Waals surface area contributed by atoms with Crippen LogP contribution >= 0.6 is 0 Å². The van der Waals surface area contributed by atoms with Crippen LogP contribution in [0.15, 0.2) is 23.4 Å². The Labute approximate surface area is 115 Å². The minimum absolute atomic E-state index is 0.161. The highest BCUT2D eigenvalue weighted by molar-refractivity contribution is 7.89. The summed E-state index contributed by atoms with van der Waals surface area (Å²) in [6.07, 6.45) is 2.79. The van der Waals surface area contributed by atoms with E-state index in [2.05, 4.69) is 4.98 Å². The SMILES string of the molecule is CC(C)CN(CC(C)C)S(=O)(=O)c1cncc(N)c1. The van der Waals surface area contributed by atoms with Crippen molar-refractivity contribution >= 4 is 15.7 Å². The number of rotatable bonds is 6. The van der Waals surface area contributed by atoms with Crippen molar-refractivity contribution in [3.8, 4) is 0 Å². The average Bonchev–Trinajstić information content (AvgIpc) is 2.26. The van der Waals surface area contributed by atoms with Crippen LogP contribution < -0.4 is 5.73 Å².